The van der Waals surface area contributed by atoms with E-state index in [1.165, 1.54) is 22.6 Å². The standard InChI is InChI=1S/C10H15ClN2O2S2/c1-8(7-16-3)13(2)17(14,15)9-4-5-12-10(11)6-9/h4-6,8H,7H2,1-3H3. The van der Waals surface area contributed by atoms with Gasteiger partial charge in [-0.25, -0.2) is 13.4 Å². The molecule has 0 bridgehead atoms. The molecular weight excluding hydrogens is 280 g/mol. The van der Waals surface area contributed by atoms with Crippen LogP contribution in [-0.2, 0) is 10.0 Å². The molecule has 1 atom stereocenters. The lowest BCUT2D eigenvalue weighted by atomic mass is 10.4. The third-order valence-corrected chi connectivity index (χ3v) is 5.39. The molecule has 1 heterocycles. The fourth-order valence-corrected chi connectivity index (χ4v) is 3.71. The third-order valence-electron chi connectivity index (χ3n) is 2.40. The zero-order valence-corrected chi connectivity index (χ0v) is 12.3. The van der Waals surface area contributed by atoms with E-state index < -0.39 is 10.0 Å². The van der Waals surface area contributed by atoms with Crippen LogP contribution in [0.2, 0.25) is 5.15 Å². The van der Waals surface area contributed by atoms with E-state index in [0.29, 0.717) is 0 Å². The van der Waals surface area contributed by atoms with Gasteiger partial charge in [0, 0.05) is 25.0 Å². The largest absolute Gasteiger partial charge is 0.244 e. The molecule has 7 heteroatoms. The summed E-state index contributed by atoms with van der Waals surface area (Å²) in [6, 6.07) is 2.74. The Hall–Kier alpha value is -0.300. The highest BCUT2D eigenvalue weighted by Gasteiger charge is 2.25. The van der Waals surface area contributed by atoms with E-state index in [1.54, 1.807) is 18.8 Å². The Balaban J connectivity index is 3.03. The molecule has 1 aromatic heterocycles. The van der Waals surface area contributed by atoms with E-state index in [9.17, 15) is 8.42 Å². The molecule has 0 aliphatic heterocycles. The van der Waals surface area contributed by atoms with Crippen molar-refractivity contribution in [2.45, 2.75) is 17.9 Å². The van der Waals surface area contributed by atoms with Crippen molar-refractivity contribution in [3.05, 3.63) is 23.5 Å². The van der Waals surface area contributed by atoms with Crippen molar-refractivity contribution < 1.29 is 8.42 Å². The van der Waals surface area contributed by atoms with Crippen molar-refractivity contribution in [1.29, 1.82) is 0 Å². The molecule has 17 heavy (non-hydrogen) atoms. The van der Waals surface area contributed by atoms with Gasteiger partial charge in [-0.05, 0) is 25.3 Å². The van der Waals surface area contributed by atoms with Crippen molar-refractivity contribution >= 4 is 33.4 Å². The number of sulfonamides is 1. The number of aromatic nitrogens is 1. The topological polar surface area (TPSA) is 50.3 Å². The summed E-state index contributed by atoms with van der Waals surface area (Å²) in [5.74, 6) is 0.745. The summed E-state index contributed by atoms with van der Waals surface area (Å²) in [5.41, 5.74) is 0. The summed E-state index contributed by atoms with van der Waals surface area (Å²) >= 11 is 7.31. The fourth-order valence-electron chi connectivity index (χ4n) is 1.29. The number of hydrogen-bond donors (Lipinski definition) is 0. The van der Waals surface area contributed by atoms with Gasteiger partial charge in [-0.3, -0.25) is 0 Å². The second kappa shape index (κ2) is 6.04. The number of hydrogen-bond acceptors (Lipinski definition) is 4. The zero-order chi connectivity index (χ0) is 13.1. The average Bonchev–Trinajstić information content (AvgIpc) is 2.28. The average molecular weight is 295 g/mol. The minimum atomic E-state index is -3.49. The van der Waals surface area contributed by atoms with E-state index >= 15 is 0 Å². The molecule has 0 fully saturated rings. The summed E-state index contributed by atoms with van der Waals surface area (Å²) in [5, 5.41) is 0.178. The second-order valence-electron chi connectivity index (χ2n) is 3.64. The molecule has 1 unspecified atom stereocenters. The third kappa shape index (κ3) is 3.58. The van der Waals surface area contributed by atoms with Crippen molar-refractivity contribution in [3.8, 4) is 0 Å². The van der Waals surface area contributed by atoms with Crippen molar-refractivity contribution in [2.24, 2.45) is 0 Å². The predicted molar refractivity (Wildman–Crippen MR) is 72.0 cm³/mol. The van der Waals surface area contributed by atoms with Gasteiger partial charge >= 0.3 is 0 Å². The SMILES string of the molecule is CSCC(C)N(C)S(=O)(=O)c1ccnc(Cl)c1. The monoisotopic (exact) mass is 294 g/mol. The van der Waals surface area contributed by atoms with Gasteiger partial charge in [-0.1, -0.05) is 11.6 Å². The smallest absolute Gasteiger partial charge is 0.243 e. The molecule has 0 saturated carbocycles. The fraction of sp³-hybridized carbons (Fsp3) is 0.500. The van der Waals surface area contributed by atoms with Crippen LogP contribution in [0.4, 0.5) is 0 Å². The van der Waals surface area contributed by atoms with Gasteiger partial charge in [0.25, 0.3) is 0 Å². The lowest BCUT2D eigenvalue weighted by Gasteiger charge is -2.23. The first-order valence-corrected chi connectivity index (χ1v) is 8.19. The van der Waals surface area contributed by atoms with E-state index in [0.717, 1.165) is 5.75 Å². The van der Waals surface area contributed by atoms with Gasteiger partial charge in [0.1, 0.15) is 5.15 Å². The molecule has 0 aliphatic rings. The van der Waals surface area contributed by atoms with Crippen LogP contribution in [-0.4, -0.2) is 42.8 Å². The van der Waals surface area contributed by atoms with Crippen molar-refractivity contribution in [3.63, 3.8) is 0 Å². The first-order chi connectivity index (χ1) is 7.89. The summed E-state index contributed by atoms with van der Waals surface area (Å²) < 4.78 is 25.8. The summed E-state index contributed by atoms with van der Waals surface area (Å²) in [4.78, 5) is 3.95. The van der Waals surface area contributed by atoms with Crippen LogP contribution >= 0.6 is 23.4 Å². The van der Waals surface area contributed by atoms with Gasteiger partial charge in [0.05, 0.1) is 4.90 Å². The van der Waals surface area contributed by atoms with Gasteiger partial charge in [-0.15, -0.1) is 0 Å². The molecular formula is C10H15ClN2O2S2. The van der Waals surface area contributed by atoms with Gasteiger partial charge in [0.2, 0.25) is 10.0 Å². The Kier molecular flexibility index (Phi) is 5.24. The normalized spacial score (nSPS) is 13.9. The Labute approximate surface area is 111 Å². The van der Waals surface area contributed by atoms with Crippen LogP contribution in [0.25, 0.3) is 0 Å². The molecule has 1 aromatic rings. The molecule has 1 rings (SSSR count). The summed E-state index contributed by atoms with van der Waals surface area (Å²) in [7, 11) is -1.91. The van der Waals surface area contributed by atoms with Crippen LogP contribution in [0.5, 0.6) is 0 Å². The Morgan fingerprint density at radius 3 is 2.76 bits per heavy atom. The van der Waals surface area contributed by atoms with E-state index in [-0.39, 0.29) is 16.1 Å². The maximum atomic E-state index is 12.2. The van der Waals surface area contributed by atoms with Crippen LogP contribution in [0.3, 0.4) is 0 Å². The minimum absolute atomic E-state index is 0.0676. The Morgan fingerprint density at radius 1 is 1.59 bits per heavy atom. The number of pyridine rings is 1. The Bertz CT molecular complexity index is 479. The molecule has 4 nitrogen and oxygen atoms in total. The van der Waals surface area contributed by atoms with Gasteiger partial charge in [0.15, 0.2) is 0 Å². The number of thioether (sulfide) groups is 1. The maximum Gasteiger partial charge on any atom is 0.243 e. The molecule has 0 aliphatic carbocycles. The predicted octanol–water partition coefficient (Wildman–Crippen LogP) is 2.11. The molecule has 96 valence electrons. The second-order valence-corrected chi connectivity index (χ2v) is 6.94. The molecule has 0 saturated heterocycles. The maximum absolute atomic E-state index is 12.2. The zero-order valence-electron chi connectivity index (χ0n) is 9.92. The first kappa shape index (κ1) is 14.8. The number of nitrogens with zero attached hydrogens (tertiary/aromatic N) is 2. The number of rotatable bonds is 5. The lowest BCUT2D eigenvalue weighted by molar-refractivity contribution is 0.415. The molecule has 0 N–H and O–H groups in total. The van der Waals surface area contributed by atoms with Crippen molar-refractivity contribution in [1.82, 2.24) is 9.29 Å². The minimum Gasteiger partial charge on any atom is -0.244 e. The lowest BCUT2D eigenvalue weighted by Crippen LogP contribution is -2.36. The van der Waals surface area contributed by atoms with E-state index in [2.05, 4.69) is 4.98 Å². The highest BCUT2D eigenvalue weighted by molar-refractivity contribution is 7.98. The Morgan fingerprint density at radius 2 is 2.24 bits per heavy atom. The molecule has 0 radical (unpaired) electrons. The van der Waals surface area contributed by atoms with Crippen molar-refractivity contribution in [2.75, 3.05) is 19.1 Å². The van der Waals surface area contributed by atoms with Crippen LogP contribution in [0.1, 0.15) is 6.92 Å². The highest BCUT2D eigenvalue weighted by atomic mass is 35.5. The van der Waals surface area contributed by atoms with E-state index in [4.69, 9.17) is 11.6 Å². The summed E-state index contributed by atoms with van der Waals surface area (Å²) in [6.07, 6.45) is 3.34. The molecule has 0 spiro atoms. The van der Waals surface area contributed by atoms with E-state index in [1.807, 2.05) is 13.2 Å². The van der Waals surface area contributed by atoms with Gasteiger partial charge in [-0.2, -0.15) is 16.1 Å². The quantitative estimate of drug-likeness (QED) is 0.781. The summed E-state index contributed by atoms with van der Waals surface area (Å²) in [6.45, 7) is 1.87. The number of halogens is 1. The van der Waals surface area contributed by atoms with Crippen LogP contribution in [0.15, 0.2) is 23.2 Å². The molecule has 0 amide bonds. The first-order valence-electron chi connectivity index (χ1n) is 4.98. The highest BCUT2D eigenvalue weighted by Crippen LogP contribution is 2.19. The van der Waals surface area contributed by atoms with Crippen LogP contribution in [0, 0.1) is 0 Å². The van der Waals surface area contributed by atoms with Gasteiger partial charge < -0.3 is 0 Å². The van der Waals surface area contributed by atoms with Crippen LogP contribution < -0.4 is 0 Å². The molecule has 0 aromatic carbocycles.